The fourth-order valence-corrected chi connectivity index (χ4v) is 1.37. The second-order valence-corrected chi connectivity index (χ2v) is 6.60. The summed E-state index contributed by atoms with van der Waals surface area (Å²) in [5.74, 6) is 0. The lowest BCUT2D eigenvalue weighted by Crippen LogP contribution is -2.39. The second kappa shape index (κ2) is 4.11. The lowest BCUT2D eigenvalue weighted by molar-refractivity contribution is 0.412. The first-order chi connectivity index (χ1) is 4.49. The van der Waals surface area contributed by atoms with Gasteiger partial charge < -0.3 is 10.6 Å². The van der Waals surface area contributed by atoms with Crippen LogP contribution in [-0.2, 0) is 0 Å². The van der Waals surface area contributed by atoms with E-state index >= 15 is 0 Å². The molecule has 0 unspecified atom stereocenters. The number of hydrogen-bond acceptors (Lipinski definition) is 2. The molecule has 10 heavy (non-hydrogen) atoms. The van der Waals surface area contributed by atoms with Gasteiger partial charge in [0.05, 0.1) is 6.17 Å². The van der Waals surface area contributed by atoms with Crippen molar-refractivity contribution in [1.82, 2.24) is 10.6 Å². The highest BCUT2D eigenvalue weighted by Gasteiger charge is 2.15. The van der Waals surface area contributed by atoms with Gasteiger partial charge in [0.25, 0.3) is 0 Å². The average Bonchev–Trinajstić information content (AvgIpc) is 1.81. The van der Waals surface area contributed by atoms with Gasteiger partial charge in [-0.05, 0) is 25.6 Å². The van der Waals surface area contributed by atoms with Crippen LogP contribution in [0.2, 0.25) is 5.04 Å². The maximum absolute atomic E-state index is 3.22. The quantitative estimate of drug-likeness (QED) is 0.436. The zero-order valence-corrected chi connectivity index (χ0v) is 9.78. The van der Waals surface area contributed by atoms with E-state index < -0.39 is 0 Å². The van der Waals surface area contributed by atoms with Gasteiger partial charge in [0.2, 0.25) is 0 Å². The normalized spacial score (nSPS) is 12.9. The Morgan fingerprint density at radius 3 is 1.80 bits per heavy atom. The molecule has 0 aromatic rings. The fraction of sp³-hybridized carbons (Fsp3) is 1.00. The van der Waals surface area contributed by atoms with Crippen LogP contribution >= 0.6 is 0 Å². The molecule has 0 bridgehead atoms. The van der Waals surface area contributed by atoms with Crippen molar-refractivity contribution in [3.8, 4) is 0 Å². The van der Waals surface area contributed by atoms with E-state index in [0.717, 1.165) is 0 Å². The standard InChI is InChI=1S/C7H20N2Si/c1-7(2,10)5-6(8-3)9-4/h6,8-9H,5H2,1-4,10H3. The molecule has 0 aliphatic heterocycles. The molecule has 62 valence electrons. The van der Waals surface area contributed by atoms with E-state index in [0.29, 0.717) is 11.2 Å². The topological polar surface area (TPSA) is 24.1 Å². The van der Waals surface area contributed by atoms with Gasteiger partial charge in [-0.3, -0.25) is 0 Å². The van der Waals surface area contributed by atoms with Gasteiger partial charge in [0.1, 0.15) is 0 Å². The van der Waals surface area contributed by atoms with Crippen LogP contribution in [0.15, 0.2) is 0 Å². The molecule has 0 saturated heterocycles. The summed E-state index contributed by atoms with van der Waals surface area (Å²) in [4.78, 5) is 0. The van der Waals surface area contributed by atoms with Crippen LogP contribution in [0.25, 0.3) is 0 Å². The van der Waals surface area contributed by atoms with Crippen molar-refractivity contribution in [1.29, 1.82) is 0 Å². The minimum absolute atomic E-state index is 0.479. The van der Waals surface area contributed by atoms with Crippen molar-refractivity contribution in [2.45, 2.75) is 31.5 Å². The minimum atomic E-state index is 0.479. The molecule has 0 atom stereocenters. The highest BCUT2D eigenvalue weighted by atomic mass is 28.1. The molecule has 2 nitrogen and oxygen atoms in total. The monoisotopic (exact) mass is 160 g/mol. The zero-order valence-electron chi connectivity index (χ0n) is 7.78. The molecule has 0 aromatic carbocycles. The van der Waals surface area contributed by atoms with Gasteiger partial charge in [-0.2, -0.15) is 0 Å². The molecule has 0 spiro atoms. The van der Waals surface area contributed by atoms with Crippen LogP contribution in [-0.4, -0.2) is 30.5 Å². The van der Waals surface area contributed by atoms with E-state index in [1.54, 1.807) is 0 Å². The molecule has 2 N–H and O–H groups in total. The highest BCUT2D eigenvalue weighted by molar-refractivity contribution is 6.14. The summed E-state index contributed by atoms with van der Waals surface area (Å²) >= 11 is 0. The average molecular weight is 160 g/mol. The summed E-state index contributed by atoms with van der Waals surface area (Å²) in [7, 11) is 5.24. The van der Waals surface area contributed by atoms with Gasteiger partial charge in [-0.1, -0.05) is 13.8 Å². The van der Waals surface area contributed by atoms with E-state index in [9.17, 15) is 0 Å². The van der Waals surface area contributed by atoms with Crippen LogP contribution in [0.3, 0.4) is 0 Å². The summed E-state index contributed by atoms with van der Waals surface area (Å²) in [6, 6.07) is 0. The lowest BCUT2D eigenvalue weighted by Gasteiger charge is -2.25. The molecule has 0 amide bonds. The molecule has 3 heteroatoms. The van der Waals surface area contributed by atoms with Gasteiger partial charge in [-0.15, -0.1) is 0 Å². The Morgan fingerprint density at radius 1 is 1.30 bits per heavy atom. The highest BCUT2D eigenvalue weighted by Crippen LogP contribution is 2.23. The van der Waals surface area contributed by atoms with Gasteiger partial charge in [0.15, 0.2) is 0 Å². The molecular weight excluding hydrogens is 140 g/mol. The van der Waals surface area contributed by atoms with E-state index in [2.05, 4.69) is 24.5 Å². The van der Waals surface area contributed by atoms with E-state index in [4.69, 9.17) is 0 Å². The van der Waals surface area contributed by atoms with Gasteiger partial charge in [0, 0.05) is 10.2 Å². The third-order valence-corrected chi connectivity index (χ3v) is 1.92. The molecule has 0 aromatic heterocycles. The molecule has 0 radical (unpaired) electrons. The first-order valence-corrected chi connectivity index (χ1v) is 4.84. The van der Waals surface area contributed by atoms with Crippen LogP contribution in [0.1, 0.15) is 20.3 Å². The predicted octanol–water partition coefficient (Wildman–Crippen LogP) is -0.295. The van der Waals surface area contributed by atoms with Crippen molar-refractivity contribution in [2.24, 2.45) is 0 Å². The maximum atomic E-state index is 3.22. The van der Waals surface area contributed by atoms with Crippen molar-refractivity contribution in [2.75, 3.05) is 14.1 Å². The van der Waals surface area contributed by atoms with Crippen molar-refractivity contribution >= 4 is 10.2 Å². The fourth-order valence-electron chi connectivity index (χ4n) is 0.961. The Balaban J connectivity index is 3.63. The summed E-state index contributed by atoms with van der Waals surface area (Å²) < 4.78 is 0. The number of nitrogens with one attached hydrogen (secondary N) is 2. The summed E-state index contributed by atoms with van der Waals surface area (Å²) in [5.41, 5.74) is 0. The molecule has 0 saturated carbocycles. The molecule has 0 fully saturated rings. The molecule has 0 heterocycles. The van der Waals surface area contributed by atoms with Crippen molar-refractivity contribution < 1.29 is 0 Å². The van der Waals surface area contributed by atoms with Gasteiger partial charge >= 0.3 is 0 Å². The van der Waals surface area contributed by atoms with Crippen LogP contribution in [0, 0.1) is 0 Å². The Labute approximate surface area is 67.2 Å². The van der Waals surface area contributed by atoms with Crippen LogP contribution in [0.5, 0.6) is 0 Å². The Hall–Kier alpha value is 0.137. The van der Waals surface area contributed by atoms with Crippen LogP contribution in [0.4, 0.5) is 0 Å². The first-order valence-electron chi connectivity index (χ1n) is 3.84. The lowest BCUT2D eigenvalue weighted by atomic mass is 10.1. The third-order valence-electron chi connectivity index (χ3n) is 1.51. The molecule has 0 aliphatic carbocycles. The summed E-state index contributed by atoms with van der Waals surface area (Å²) in [6.07, 6.45) is 1.69. The van der Waals surface area contributed by atoms with Crippen molar-refractivity contribution in [3.05, 3.63) is 0 Å². The molecule has 0 aliphatic rings. The molecule has 0 rings (SSSR count). The summed E-state index contributed by atoms with van der Waals surface area (Å²) in [6.45, 7) is 4.61. The maximum Gasteiger partial charge on any atom is 0.0568 e. The smallest absolute Gasteiger partial charge is 0.0568 e. The summed E-state index contributed by atoms with van der Waals surface area (Å²) in [5, 5.41) is 6.98. The van der Waals surface area contributed by atoms with Crippen molar-refractivity contribution in [3.63, 3.8) is 0 Å². The second-order valence-electron chi connectivity index (χ2n) is 3.89. The van der Waals surface area contributed by atoms with Crippen LogP contribution < -0.4 is 10.6 Å². The number of hydrogen-bond donors (Lipinski definition) is 2. The molecular formula is C7H20N2Si. The van der Waals surface area contributed by atoms with E-state index in [-0.39, 0.29) is 0 Å². The first kappa shape index (κ1) is 10.1. The zero-order chi connectivity index (χ0) is 8.20. The Bertz CT molecular complexity index is 84.1. The predicted molar refractivity (Wildman–Crippen MR) is 50.5 cm³/mol. The van der Waals surface area contributed by atoms with E-state index in [1.807, 2.05) is 14.1 Å². The van der Waals surface area contributed by atoms with Gasteiger partial charge in [-0.25, -0.2) is 0 Å². The minimum Gasteiger partial charge on any atom is -0.305 e. The third kappa shape index (κ3) is 4.96. The van der Waals surface area contributed by atoms with E-state index in [1.165, 1.54) is 16.7 Å². The SMILES string of the molecule is CNC(CC(C)(C)[SiH3])NC. The number of rotatable bonds is 4. The Kier molecular flexibility index (Phi) is 4.16. The Morgan fingerprint density at radius 2 is 1.70 bits per heavy atom. The largest absolute Gasteiger partial charge is 0.305 e.